The van der Waals surface area contributed by atoms with Gasteiger partial charge in [-0.15, -0.1) is 0 Å². The van der Waals surface area contributed by atoms with E-state index in [4.69, 9.17) is 0 Å². The highest BCUT2D eigenvalue weighted by atomic mass is 31.2. The van der Waals surface area contributed by atoms with E-state index in [0.29, 0.717) is 11.3 Å². The molecule has 2 fully saturated rings. The molecule has 82 valence electrons. The molecule has 0 spiro atoms. The molecule has 0 amide bonds. The van der Waals surface area contributed by atoms with E-state index >= 15 is 0 Å². The number of nitrogens with zero attached hydrogens (tertiary/aromatic N) is 2. The Morgan fingerprint density at radius 3 is 2.20 bits per heavy atom. The van der Waals surface area contributed by atoms with Gasteiger partial charge in [0.15, 0.2) is 0 Å². The Morgan fingerprint density at radius 1 is 1.33 bits per heavy atom. The summed E-state index contributed by atoms with van der Waals surface area (Å²) in [7, 11) is -0.160. The minimum atomic E-state index is -2.14. The predicted octanol–water partition coefficient (Wildman–Crippen LogP) is 2.04. The molecule has 3 nitrogen and oxygen atoms in total. The molecule has 0 N–H and O–H groups in total. The summed E-state index contributed by atoms with van der Waals surface area (Å²) in [6.07, 6.45) is 6.43. The van der Waals surface area contributed by atoms with Gasteiger partial charge in [0.05, 0.1) is 6.33 Å². The van der Waals surface area contributed by atoms with Crippen LogP contribution < -0.4 is 5.44 Å². The fourth-order valence-corrected chi connectivity index (χ4v) is 6.40. The van der Waals surface area contributed by atoms with Crippen molar-refractivity contribution in [2.45, 2.75) is 43.9 Å². The molecule has 2 aliphatic carbocycles. The van der Waals surface area contributed by atoms with Crippen LogP contribution in [0.1, 0.15) is 31.4 Å². The third kappa shape index (κ3) is 1.32. The van der Waals surface area contributed by atoms with Crippen LogP contribution in [0, 0.1) is 6.92 Å². The first kappa shape index (κ1) is 9.65. The van der Waals surface area contributed by atoms with Crippen LogP contribution in [0.3, 0.4) is 0 Å². The summed E-state index contributed by atoms with van der Waals surface area (Å²) in [6.45, 7) is 2.04. The fraction of sp³-hybridized carbons (Fsp3) is 0.727. The molecular weight excluding hydrogens is 207 g/mol. The van der Waals surface area contributed by atoms with Gasteiger partial charge in [-0.05, 0) is 32.6 Å². The van der Waals surface area contributed by atoms with E-state index in [1.54, 1.807) is 0 Å². The molecule has 0 aliphatic heterocycles. The molecular formula is C11H17N2OP. The lowest BCUT2D eigenvalue weighted by Gasteiger charge is -2.15. The van der Waals surface area contributed by atoms with Crippen molar-refractivity contribution < 1.29 is 4.57 Å². The van der Waals surface area contributed by atoms with Gasteiger partial charge in [0.1, 0.15) is 12.6 Å². The molecule has 0 saturated heterocycles. The smallest absolute Gasteiger partial charge is 0.140 e. The lowest BCUT2D eigenvalue weighted by atomic mass is 10.5. The molecule has 0 radical (unpaired) electrons. The number of hydrogen-bond acceptors (Lipinski definition) is 2. The zero-order valence-electron chi connectivity index (χ0n) is 9.31. The highest BCUT2D eigenvalue weighted by Gasteiger charge is 2.53. The Bertz CT molecular complexity index is 427. The van der Waals surface area contributed by atoms with Crippen LogP contribution >= 0.6 is 7.14 Å². The zero-order chi connectivity index (χ0) is 10.6. The van der Waals surface area contributed by atoms with Gasteiger partial charge in [-0.25, -0.2) is 4.98 Å². The summed E-state index contributed by atoms with van der Waals surface area (Å²) < 4.78 is 15.1. The molecule has 0 aromatic carbocycles. The van der Waals surface area contributed by atoms with E-state index < -0.39 is 7.14 Å². The maximum absolute atomic E-state index is 13.1. The van der Waals surface area contributed by atoms with E-state index in [9.17, 15) is 4.57 Å². The number of hydrogen-bond donors (Lipinski definition) is 0. The van der Waals surface area contributed by atoms with Gasteiger partial charge in [0.2, 0.25) is 0 Å². The lowest BCUT2D eigenvalue weighted by molar-refractivity contribution is 0.578. The summed E-state index contributed by atoms with van der Waals surface area (Å²) >= 11 is 0. The second-order valence-electron chi connectivity index (χ2n) is 4.94. The Kier molecular flexibility index (Phi) is 1.91. The van der Waals surface area contributed by atoms with Crippen molar-refractivity contribution in [3.05, 3.63) is 12.0 Å². The molecule has 3 rings (SSSR count). The summed E-state index contributed by atoms with van der Waals surface area (Å²) in [6, 6.07) is 0. The second-order valence-corrected chi connectivity index (χ2v) is 8.24. The molecule has 0 bridgehead atoms. The SMILES string of the molecule is Cc1c(P(=O)(C2CC2)C2CC2)ncn1C. The van der Waals surface area contributed by atoms with Gasteiger partial charge in [0, 0.05) is 24.1 Å². The van der Waals surface area contributed by atoms with E-state index in [-0.39, 0.29) is 0 Å². The van der Waals surface area contributed by atoms with Gasteiger partial charge < -0.3 is 9.13 Å². The van der Waals surface area contributed by atoms with Crippen LogP contribution in [0.5, 0.6) is 0 Å². The normalized spacial score (nSPS) is 22.0. The summed E-state index contributed by atoms with van der Waals surface area (Å²) in [5.41, 5.74) is 2.99. The number of imidazole rings is 1. The van der Waals surface area contributed by atoms with E-state index in [1.807, 2.05) is 24.9 Å². The van der Waals surface area contributed by atoms with Crippen molar-refractivity contribution >= 4 is 12.6 Å². The minimum Gasteiger partial charge on any atom is -0.337 e. The summed E-state index contributed by atoms with van der Waals surface area (Å²) in [5.74, 6) is 0. The standard InChI is InChI=1S/C11H17N2OP/c1-8-11(12-7-13(8)2)15(14,9-3-4-9)10-5-6-10/h7,9-10H,3-6H2,1-2H3. The topological polar surface area (TPSA) is 34.9 Å². The lowest BCUT2D eigenvalue weighted by Crippen LogP contribution is -2.16. The van der Waals surface area contributed by atoms with Gasteiger partial charge in [0.25, 0.3) is 0 Å². The number of aromatic nitrogens is 2. The van der Waals surface area contributed by atoms with Crippen molar-refractivity contribution in [2.75, 3.05) is 0 Å². The summed E-state index contributed by atoms with van der Waals surface area (Å²) in [4.78, 5) is 4.41. The van der Waals surface area contributed by atoms with E-state index in [1.165, 1.54) is 0 Å². The third-order valence-electron chi connectivity index (χ3n) is 3.72. The first-order valence-electron chi connectivity index (χ1n) is 5.72. The van der Waals surface area contributed by atoms with Gasteiger partial charge in [-0.3, -0.25) is 0 Å². The number of aryl methyl sites for hydroxylation is 1. The van der Waals surface area contributed by atoms with E-state index in [2.05, 4.69) is 4.98 Å². The molecule has 4 heteroatoms. The Morgan fingerprint density at radius 2 is 1.87 bits per heavy atom. The molecule has 0 unspecified atom stereocenters. The largest absolute Gasteiger partial charge is 0.337 e. The minimum absolute atomic E-state index is 0.471. The highest BCUT2D eigenvalue weighted by molar-refractivity contribution is 7.73. The Balaban J connectivity index is 2.09. The van der Waals surface area contributed by atoms with Gasteiger partial charge in [-0.1, -0.05) is 0 Å². The first-order valence-corrected chi connectivity index (χ1v) is 7.56. The highest BCUT2D eigenvalue weighted by Crippen LogP contribution is 2.69. The summed E-state index contributed by atoms with van der Waals surface area (Å²) in [5, 5.41) is 0. The third-order valence-corrected chi connectivity index (χ3v) is 8.02. The van der Waals surface area contributed by atoms with Crippen molar-refractivity contribution in [2.24, 2.45) is 7.05 Å². The second kappa shape index (κ2) is 2.98. The molecule has 15 heavy (non-hydrogen) atoms. The van der Waals surface area contributed by atoms with Crippen LogP contribution in [0.2, 0.25) is 0 Å². The van der Waals surface area contributed by atoms with Crippen molar-refractivity contribution in [3.63, 3.8) is 0 Å². The average Bonchev–Trinajstić information content (AvgIpc) is 3.07. The van der Waals surface area contributed by atoms with Crippen molar-refractivity contribution in [3.8, 4) is 0 Å². The van der Waals surface area contributed by atoms with E-state index in [0.717, 1.165) is 36.8 Å². The molecule has 2 saturated carbocycles. The number of rotatable bonds is 3. The Hall–Kier alpha value is -0.560. The van der Waals surface area contributed by atoms with Gasteiger partial charge in [-0.2, -0.15) is 0 Å². The zero-order valence-corrected chi connectivity index (χ0v) is 10.2. The molecule has 1 aromatic rings. The van der Waals surface area contributed by atoms with Crippen molar-refractivity contribution in [1.82, 2.24) is 9.55 Å². The van der Waals surface area contributed by atoms with Crippen LogP contribution in [0.25, 0.3) is 0 Å². The monoisotopic (exact) mass is 224 g/mol. The van der Waals surface area contributed by atoms with Crippen LogP contribution in [-0.2, 0) is 11.6 Å². The van der Waals surface area contributed by atoms with Crippen LogP contribution in [0.15, 0.2) is 6.33 Å². The molecule has 2 aliphatic rings. The fourth-order valence-electron chi connectivity index (χ4n) is 2.38. The maximum Gasteiger partial charge on any atom is 0.140 e. The van der Waals surface area contributed by atoms with Crippen LogP contribution in [-0.4, -0.2) is 20.9 Å². The molecule has 1 aromatic heterocycles. The molecule has 0 atom stereocenters. The first-order chi connectivity index (χ1) is 7.14. The Labute approximate surface area is 90.3 Å². The van der Waals surface area contributed by atoms with Crippen LogP contribution in [0.4, 0.5) is 0 Å². The maximum atomic E-state index is 13.1. The van der Waals surface area contributed by atoms with Crippen molar-refractivity contribution in [1.29, 1.82) is 0 Å². The average molecular weight is 224 g/mol. The quantitative estimate of drug-likeness (QED) is 0.736. The molecule has 1 heterocycles. The van der Waals surface area contributed by atoms with Gasteiger partial charge >= 0.3 is 0 Å². The predicted molar refractivity (Wildman–Crippen MR) is 61.2 cm³/mol.